The van der Waals surface area contributed by atoms with Gasteiger partial charge in [0.1, 0.15) is 12.1 Å². The van der Waals surface area contributed by atoms with Gasteiger partial charge in [0.2, 0.25) is 0 Å². The second-order valence-electron chi connectivity index (χ2n) is 2.93. The summed E-state index contributed by atoms with van der Waals surface area (Å²) in [5.74, 6) is 0.848. The van der Waals surface area contributed by atoms with Gasteiger partial charge in [-0.25, -0.2) is 9.97 Å². The van der Waals surface area contributed by atoms with Crippen LogP contribution in [0.25, 0.3) is 11.3 Å². The fourth-order valence-corrected chi connectivity index (χ4v) is 2.00. The van der Waals surface area contributed by atoms with Crippen LogP contribution in [0.1, 0.15) is 4.88 Å². The van der Waals surface area contributed by atoms with Gasteiger partial charge in [0.15, 0.2) is 0 Å². The lowest BCUT2D eigenvalue weighted by Gasteiger charge is -2.01. The quantitative estimate of drug-likeness (QED) is 0.818. The zero-order valence-electron chi connectivity index (χ0n) is 8.11. The maximum atomic E-state index is 4.25. The molecule has 2 rings (SSSR count). The molecule has 0 amide bonds. The summed E-state index contributed by atoms with van der Waals surface area (Å²) in [6.07, 6.45) is 1.58. The first-order chi connectivity index (χ1) is 6.81. The average molecular weight is 205 g/mol. The van der Waals surface area contributed by atoms with Crippen molar-refractivity contribution >= 4 is 17.2 Å². The monoisotopic (exact) mass is 205 g/mol. The highest BCUT2D eigenvalue weighted by Crippen LogP contribution is 2.26. The summed E-state index contributed by atoms with van der Waals surface area (Å²) in [4.78, 5) is 9.61. The van der Waals surface area contributed by atoms with Gasteiger partial charge < -0.3 is 5.32 Å². The Labute approximate surface area is 86.8 Å². The minimum absolute atomic E-state index is 0.848. The minimum Gasteiger partial charge on any atom is -0.373 e. The highest BCUT2D eigenvalue weighted by Gasteiger charge is 2.04. The van der Waals surface area contributed by atoms with Crippen LogP contribution in [0.4, 0.5) is 5.82 Å². The van der Waals surface area contributed by atoms with E-state index in [4.69, 9.17) is 0 Å². The van der Waals surface area contributed by atoms with E-state index in [-0.39, 0.29) is 0 Å². The van der Waals surface area contributed by atoms with E-state index in [2.05, 4.69) is 33.7 Å². The normalized spacial score (nSPS) is 10.1. The van der Waals surface area contributed by atoms with Crippen LogP contribution in [0.15, 0.2) is 23.8 Å². The summed E-state index contributed by atoms with van der Waals surface area (Å²) in [5, 5.41) is 5.08. The highest BCUT2D eigenvalue weighted by molar-refractivity contribution is 7.10. The fourth-order valence-electron chi connectivity index (χ4n) is 1.29. The largest absolute Gasteiger partial charge is 0.373 e. The summed E-state index contributed by atoms with van der Waals surface area (Å²) in [6, 6.07) is 4.04. The number of thiophene rings is 1. The molecule has 2 heterocycles. The average Bonchev–Trinajstić information content (AvgIpc) is 2.65. The molecule has 2 aromatic heterocycles. The van der Waals surface area contributed by atoms with E-state index >= 15 is 0 Å². The van der Waals surface area contributed by atoms with Crippen molar-refractivity contribution in [2.24, 2.45) is 0 Å². The first-order valence-electron chi connectivity index (χ1n) is 4.35. The summed E-state index contributed by atoms with van der Waals surface area (Å²) >= 11 is 1.73. The molecular formula is C10H11N3S. The SMILES string of the molecule is CNc1cc(-c2ccsc2C)ncn1. The molecule has 0 aromatic carbocycles. The number of anilines is 1. The van der Waals surface area contributed by atoms with Crippen molar-refractivity contribution < 1.29 is 0 Å². The Morgan fingerprint density at radius 3 is 2.86 bits per heavy atom. The van der Waals surface area contributed by atoms with Gasteiger partial charge in [-0.15, -0.1) is 11.3 Å². The van der Waals surface area contributed by atoms with Crippen LogP contribution in [0.2, 0.25) is 0 Å². The molecule has 0 fully saturated rings. The van der Waals surface area contributed by atoms with Gasteiger partial charge in [-0.1, -0.05) is 0 Å². The number of rotatable bonds is 2. The number of hydrogen-bond donors (Lipinski definition) is 1. The van der Waals surface area contributed by atoms with Crippen molar-refractivity contribution in [1.82, 2.24) is 9.97 Å². The molecule has 2 aromatic rings. The van der Waals surface area contributed by atoms with Gasteiger partial charge in [-0.3, -0.25) is 0 Å². The number of nitrogens with one attached hydrogen (secondary N) is 1. The first kappa shape index (κ1) is 9.15. The summed E-state index contributed by atoms with van der Waals surface area (Å²) in [6.45, 7) is 2.10. The molecule has 0 unspecified atom stereocenters. The van der Waals surface area contributed by atoms with Crippen LogP contribution in [-0.2, 0) is 0 Å². The topological polar surface area (TPSA) is 37.8 Å². The maximum Gasteiger partial charge on any atom is 0.129 e. The van der Waals surface area contributed by atoms with E-state index in [0.29, 0.717) is 0 Å². The van der Waals surface area contributed by atoms with Crippen LogP contribution in [0.5, 0.6) is 0 Å². The predicted molar refractivity (Wildman–Crippen MR) is 59.6 cm³/mol. The minimum atomic E-state index is 0.848. The molecule has 4 heteroatoms. The Hall–Kier alpha value is -1.42. The highest BCUT2D eigenvalue weighted by atomic mass is 32.1. The lowest BCUT2D eigenvalue weighted by molar-refractivity contribution is 1.16. The van der Waals surface area contributed by atoms with E-state index in [9.17, 15) is 0 Å². The molecule has 0 spiro atoms. The molecule has 0 saturated heterocycles. The number of aryl methyl sites for hydroxylation is 1. The van der Waals surface area contributed by atoms with Gasteiger partial charge in [-0.05, 0) is 18.4 Å². The molecule has 0 atom stereocenters. The summed E-state index contributed by atoms with van der Waals surface area (Å²) < 4.78 is 0. The third kappa shape index (κ3) is 1.61. The van der Waals surface area contributed by atoms with Gasteiger partial charge >= 0.3 is 0 Å². The maximum absolute atomic E-state index is 4.25. The van der Waals surface area contributed by atoms with Crippen molar-refractivity contribution in [2.45, 2.75) is 6.92 Å². The Balaban J connectivity index is 2.47. The molecule has 72 valence electrons. The molecule has 1 N–H and O–H groups in total. The number of hydrogen-bond acceptors (Lipinski definition) is 4. The van der Waals surface area contributed by atoms with Crippen molar-refractivity contribution in [3.63, 3.8) is 0 Å². The number of nitrogens with zero attached hydrogens (tertiary/aromatic N) is 2. The third-order valence-electron chi connectivity index (χ3n) is 2.06. The molecule has 0 aliphatic rings. The third-order valence-corrected chi connectivity index (χ3v) is 2.90. The zero-order valence-corrected chi connectivity index (χ0v) is 8.93. The fraction of sp³-hybridized carbons (Fsp3) is 0.200. The van der Waals surface area contributed by atoms with Crippen LogP contribution in [0.3, 0.4) is 0 Å². The predicted octanol–water partition coefficient (Wildman–Crippen LogP) is 2.56. The van der Waals surface area contributed by atoms with Crippen molar-refractivity contribution in [1.29, 1.82) is 0 Å². The lowest BCUT2D eigenvalue weighted by Crippen LogP contribution is -1.93. The smallest absolute Gasteiger partial charge is 0.129 e. The molecular weight excluding hydrogens is 194 g/mol. The molecule has 0 aliphatic carbocycles. The number of aromatic nitrogens is 2. The molecule has 0 saturated carbocycles. The molecule has 14 heavy (non-hydrogen) atoms. The van der Waals surface area contributed by atoms with Crippen molar-refractivity contribution in [3.05, 3.63) is 28.7 Å². The van der Waals surface area contributed by atoms with Crippen LogP contribution >= 0.6 is 11.3 Å². The Kier molecular flexibility index (Phi) is 2.45. The Bertz CT molecular complexity index is 436. The van der Waals surface area contributed by atoms with Crippen molar-refractivity contribution in [2.75, 3.05) is 12.4 Å². The van der Waals surface area contributed by atoms with E-state index in [0.717, 1.165) is 11.5 Å². The zero-order chi connectivity index (χ0) is 9.97. The van der Waals surface area contributed by atoms with Crippen LogP contribution < -0.4 is 5.32 Å². The molecule has 0 bridgehead atoms. The molecule has 3 nitrogen and oxygen atoms in total. The summed E-state index contributed by atoms with van der Waals surface area (Å²) in [7, 11) is 1.85. The lowest BCUT2D eigenvalue weighted by atomic mass is 10.2. The van der Waals surface area contributed by atoms with Gasteiger partial charge in [0.25, 0.3) is 0 Å². The van der Waals surface area contributed by atoms with E-state index in [1.54, 1.807) is 17.7 Å². The van der Waals surface area contributed by atoms with Crippen LogP contribution in [0, 0.1) is 6.92 Å². The summed E-state index contributed by atoms with van der Waals surface area (Å²) in [5.41, 5.74) is 2.16. The van der Waals surface area contributed by atoms with E-state index in [1.165, 1.54) is 10.4 Å². The second-order valence-corrected chi connectivity index (χ2v) is 4.05. The standard InChI is InChI=1S/C10H11N3S/c1-7-8(3-4-14-7)9-5-10(11-2)13-6-12-9/h3-6H,1-2H3,(H,11,12,13). The second kappa shape index (κ2) is 3.75. The van der Waals surface area contributed by atoms with Gasteiger partial charge in [0, 0.05) is 23.6 Å². The van der Waals surface area contributed by atoms with E-state index < -0.39 is 0 Å². The van der Waals surface area contributed by atoms with Crippen LogP contribution in [-0.4, -0.2) is 17.0 Å². The van der Waals surface area contributed by atoms with E-state index in [1.807, 2.05) is 13.1 Å². The van der Waals surface area contributed by atoms with Gasteiger partial charge in [0.05, 0.1) is 5.69 Å². The van der Waals surface area contributed by atoms with Crippen molar-refractivity contribution in [3.8, 4) is 11.3 Å². The molecule has 0 aliphatic heterocycles. The Morgan fingerprint density at radius 2 is 2.21 bits per heavy atom. The molecule has 0 radical (unpaired) electrons. The first-order valence-corrected chi connectivity index (χ1v) is 5.23. The van der Waals surface area contributed by atoms with Gasteiger partial charge in [-0.2, -0.15) is 0 Å². The Morgan fingerprint density at radius 1 is 1.36 bits per heavy atom.